The standard InChI is InChI=1S/C13H11Cl2NS/c14-9-3-1-2-4-11(9)16-10-5-6-12-8(10)7-13(15)17-12/h1-4,7,10,16H,5-6H2. The maximum absolute atomic E-state index is 6.15. The van der Waals surface area contributed by atoms with Crippen molar-refractivity contribution in [1.29, 1.82) is 0 Å². The molecule has 0 saturated heterocycles. The second kappa shape index (κ2) is 4.52. The smallest absolute Gasteiger partial charge is 0.0934 e. The molecule has 0 saturated carbocycles. The van der Waals surface area contributed by atoms with Crippen LogP contribution in [0.3, 0.4) is 0 Å². The second-order valence-corrected chi connectivity index (χ2v) is 6.32. The molecule has 1 aliphatic rings. The van der Waals surface area contributed by atoms with E-state index < -0.39 is 0 Å². The molecule has 0 amide bonds. The van der Waals surface area contributed by atoms with Crippen molar-refractivity contribution in [2.45, 2.75) is 18.9 Å². The summed E-state index contributed by atoms with van der Waals surface area (Å²) in [5.74, 6) is 0. The van der Waals surface area contributed by atoms with E-state index in [0.29, 0.717) is 6.04 Å². The lowest BCUT2D eigenvalue weighted by molar-refractivity contribution is 0.762. The Bertz CT molecular complexity index is 550. The molecule has 4 heteroatoms. The molecule has 3 rings (SSSR count). The van der Waals surface area contributed by atoms with Crippen LogP contribution in [0.5, 0.6) is 0 Å². The third-order valence-corrected chi connectivity index (χ3v) is 4.72. The Labute approximate surface area is 114 Å². The normalized spacial score (nSPS) is 18.1. The molecule has 0 bridgehead atoms. The van der Waals surface area contributed by atoms with Crippen LogP contribution in [0.4, 0.5) is 5.69 Å². The minimum atomic E-state index is 0.341. The van der Waals surface area contributed by atoms with Crippen LogP contribution in [-0.4, -0.2) is 0 Å². The molecule has 17 heavy (non-hydrogen) atoms. The van der Waals surface area contributed by atoms with Crippen LogP contribution in [0, 0.1) is 0 Å². The van der Waals surface area contributed by atoms with E-state index in [9.17, 15) is 0 Å². The van der Waals surface area contributed by atoms with Gasteiger partial charge in [0, 0.05) is 4.88 Å². The zero-order valence-electron chi connectivity index (χ0n) is 9.04. The van der Waals surface area contributed by atoms with Gasteiger partial charge in [0.25, 0.3) is 0 Å². The number of nitrogens with one attached hydrogen (secondary N) is 1. The highest BCUT2D eigenvalue weighted by Crippen LogP contribution is 2.41. The van der Waals surface area contributed by atoms with Crippen LogP contribution in [0.25, 0.3) is 0 Å². The Hall–Kier alpha value is -0.700. The van der Waals surface area contributed by atoms with Crippen LogP contribution < -0.4 is 5.32 Å². The lowest BCUT2D eigenvalue weighted by Crippen LogP contribution is -2.06. The molecule has 0 spiro atoms. The first-order chi connectivity index (χ1) is 8.24. The minimum Gasteiger partial charge on any atom is -0.377 e. The molecule has 1 N–H and O–H groups in total. The van der Waals surface area contributed by atoms with Crippen molar-refractivity contribution < 1.29 is 0 Å². The predicted octanol–water partition coefficient (Wildman–Crippen LogP) is 5.15. The molecule has 1 aromatic carbocycles. The van der Waals surface area contributed by atoms with E-state index >= 15 is 0 Å². The van der Waals surface area contributed by atoms with Crippen LogP contribution in [-0.2, 0) is 6.42 Å². The van der Waals surface area contributed by atoms with E-state index in [4.69, 9.17) is 23.2 Å². The lowest BCUT2D eigenvalue weighted by Gasteiger charge is -2.15. The van der Waals surface area contributed by atoms with Gasteiger partial charge in [-0.2, -0.15) is 0 Å². The molecule has 1 unspecified atom stereocenters. The van der Waals surface area contributed by atoms with Crippen molar-refractivity contribution in [3.63, 3.8) is 0 Å². The summed E-state index contributed by atoms with van der Waals surface area (Å²) in [5, 5.41) is 4.26. The van der Waals surface area contributed by atoms with E-state index in [-0.39, 0.29) is 0 Å². The number of aryl methyl sites for hydroxylation is 1. The number of para-hydroxylation sites is 1. The summed E-state index contributed by atoms with van der Waals surface area (Å²) < 4.78 is 0.876. The number of halogens is 2. The molecule has 1 nitrogen and oxygen atoms in total. The Morgan fingerprint density at radius 2 is 2.06 bits per heavy atom. The van der Waals surface area contributed by atoms with Gasteiger partial charge < -0.3 is 5.32 Å². The van der Waals surface area contributed by atoms with Crippen LogP contribution in [0.1, 0.15) is 22.9 Å². The van der Waals surface area contributed by atoms with Gasteiger partial charge in [-0.3, -0.25) is 0 Å². The van der Waals surface area contributed by atoms with Gasteiger partial charge in [-0.05, 0) is 36.6 Å². The Balaban J connectivity index is 1.86. The summed E-state index contributed by atoms with van der Waals surface area (Å²) in [7, 11) is 0. The molecule has 2 aromatic rings. The fourth-order valence-electron chi connectivity index (χ4n) is 2.25. The van der Waals surface area contributed by atoms with Crippen LogP contribution >= 0.6 is 34.5 Å². The van der Waals surface area contributed by atoms with Gasteiger partial charge in [-0.1, -0.05) is 35.3 Å². The Kier molecular flexibility index (Phi) is 3.03. The summed E-state index contributed by atoms with van der Waals surface area (Å²) in [6.45, 7) is 0. The number of rotatable bonds is 2. The number of hydrogen-bond acceptors (Lipinski definition) is 2. The Morgan fingerprint density at radius 3 is 2.88 bits per heavy atom. The summed E-state index contributed by atoms with van der Waals surface area (Å²) >= 11 is 13.9. The first-order valence-corrected chi connectivity index (χ1v) is 7.10. The van der Waals surface area contributed by atoms with Gasteiger partial charge in [0.2, 0.25) is 0 Å². The van der Waals surface area contributed by atoms with Crippen LogP contribution in [0.15, 0.2) is 30.3 Å². The highest BCUT2D eigenvalue weighted by molar-refractivity contribution is 7.16. The van der Waals surface area contributed by atoms with E-state index in [0.717, 1.165) is 27.9 Å². The van der Waals surface area contributed by atoms with Gasteiger partial charge in [0.1, 0.15) is 0 Å². The van der Waals surface area contributed by atoms with Gasteiger partial charge in [-0.25, -0.2) is 0 Å². The molecular weight excluding hydrogens is 273 g/mol. The van der Waals surface area contributed by atoms with Crippen molar-refractivity contribution in [3.05, 3.63) is 50.1 Å². The first-order valence-electron chi connectivity index (χ1n) is 5.53. The molecular formula is C13H11Cl2NS. The largest absolute Gasteiger partial charge is 0.377 e. The monoisotopic (exact) mass is 283 g/mol. The van der Waals surface area contributed by atoms with E-state index in [1.807, 2.05) is 24.3 Å². The van der Waals surface area contributed by atoms with Gasteiger partial charge in [0.05, 0.1) is 21.1 Å². The average molecular weight is 284 g/mol. The lowest BCUT2D eigenvalue weighted by atomic mass is 10.1. The number of thiophene rings is 1. The minimum absolute atomic E-state index is 0.341. The molecule has 1 atom stereocenters. The summed E-state index contributed by atoms with van der Waals surface area (Å²) in [6.07, 6.45) is 2.22. The van der Waals surface area contributed by atoms with Crippen molar-refractivity contribution in [2.24, 2.45) is 0 Å². The second-order valence-electron chi connectivity index (χ2n) is 4.14. The molecule has 1 aliphatic carbocycles. The fraction of sp³-hybridized carbons (Fsp3) is 0.231. The maximum atomic E-state index is 6.15. The van der Waals surface area contributed by atoms with Gasteiger partial charge in [0.15, 0.2) is 0 Å². The third kappa shape index (κ3) is 2.17. The van der Waals surface area contributed by atoms with Gasteiger partial charge >= 0.3 is 0 Å². The molecule has 1 heterocycles. The summed E-state index contributed by atoms with van der Waals surface area (Å²) in [6, 6.07) is 10.3. The highest BCUT2D eigenvalue weighted by atomic mass is 35.5. The number of hydrogen-bond donors (Lipinski definition) is 1. The third-order valence-electron chi connectivity index (χ3n) is 3.05. The predicted molar refractivity (Wildman–Crippen MR) is 75.5 cm³/mol. The van der Waals surface area contributed by atoms with Crippen LogP contribution in [0.2, 0.25) is 9.36 Å². The van der Waals surface area contributed by atoms with Gasteiger partial charge in [-0.15, -0.1) is 11.3 Å². The van der Waals surface area contributed by atoms with E-state index in [1.54, 1.807) is 11.3 Å². The molecule has 0 aliphatic heterocycles. The Morgan fingerprint density at radius 1 is 1.24 bits per heavy atom. The van der Waals surface area contributed by atoms with Crippen molar-refractivity contribution in [1.82, 2.24) is 0 Å². The van der Waals surface area contributed by atoms with E-state index in [2.05, 4.69) is 11.4 Å². The zero-order chi connectivity index (χ0) is 11.8. The molecule has 1 aromatic heterocycles. The number of benzene rings is 1. The number of fused-ring (bicyclic) bond motifs is 1. The first kappa shape index (κ1) is 11.4. The van der Waals surface area contributed by atoms with Crippen molar-refractivity contribution >= 4 is 40.2 Å². The zero-order valence-corrected chi connectivity index (χ0v) is 11.4. The summed E-state index contributed by atoms with van der Waals surface area (Å²) in [5.41, 5.74) is 2.33. The summed E-state index contributed by atoms with van der Waals surface area (Å²) in [4.78, 5) is 1.40. The van der Waals surface area contributed by atoms with Crippen molar-refractivity contribution in [2.75, 3.05) is 5.32 Å². The molecule has 88 valence electrons. The quantitative estimate of drug-likeness (QED) is 0.803. The fourth-order valence-corrected chi connectivity index (χ4v) is 3.79. The van der Waals surface area contributed by atoms with Crippen molar-refractivity contribution in [3.8, 4) is 0 Å². The SMILES string of the molecule is Clc1cc2c(s1)CCC2Nc1ccccc1Cl. The topological polar surface area (TPSA) is 12.0 Å². The maximum Gasteiger partial charge on any atom is 0.0934 e. The number of anilines is 1. The highest BCUT2D eigenvalue weighted by Gasteiger charge is 2.25. The molecule has 0 radical (unpaired) electrons. The average Bonchev–Trinajstić information content (AvgIpc) is 2.82. The van der Waals surface area contributed by atoms with E-state index in [1.165, 1.54) is 10.4 Å². The molecule has 0 fully saturated rings.